The third kappa shape index (κ3) is 3.98. The van der Waals surface area contributed by atoms with Gasteiger partial charge in [0.1, 0.15) is 0 Å². The highest BCUT2D eigenvalue weighted by atomic mass is 19.2. The molecule has 0 aromatic heterocycles. The SMILES string of the molecule is COCCN(C(=O)c1cc(F)c(F)cc1C(=O)O)C(C)C. The number of methoxy groups -OCH3 is 1. The van der Waals surface area contributed by atoms with Crippen molar-refractivity contribution in [1.82, 2.24) is 4.90 Å². The average molecular weight is 301 g/mol. The standard InChI is InChI=1S/C14H17F2NO4/c1-8(2)17(4-5-21-3)13(18)9-6-11(15)12(16)7-10(9)14(19)20/h6-8H,4-5H2,1-3H3,(H,19,20). The van der Waals surface area contributed by atoms with Crippen LogP contribution in [0.1, 0.15) is 34.6 Å². The predicted molar refractivity (Wildman–Crippen MR) is 71.4 cm³/mol. The number of carbonyl (C=O) groups excluding carboxylic acids is 1. The molecule has 0 radical (unpaired) electrons. The van der Waals surface area contributed by atoms with Gasteiger partial charge in [0.15, 0.2) is 11.6 Å². The summed E-state index contributed by atoms with van der Waals surface area (Å²) in [6.07, 6.45) is 0. The van der Waals surface area contributed by atoms with Crippen molar-refractivity contribution < 1.29 is 28.2 Å². The van der Waals surface area contributed by atoms with Crippen LogP contribution in [0.5, 0.6) is 0 Å². The monoisotopic (exact) mass is 301 g/mol. The van der Waals surface area contributed by atoms with Crippen molar-refractivity contribution in [3.63, 3.8) is 0 Å². The molecule has 1 aromatic rings. The van der Waals surface area contributed by atoms with E-state index in [-0.39, 0.29) is 24.8 Å². The zero-order valence-electron chi connectivity index (χ0n) is 12.0. The van der Waals surface area contributed by atoms with Crippen LogP contribution in [0.4, 0.5) is 8.78 Å². The Hall–Kier alpha value is -2.02. The second kappa shape index (κ2) is 7.12. The van der Waals surface area contributed by atoms with Gasteiger partial charge in [-0.3, -0.25) is 4.79 Å². The van der Waals surface area contributed by atoms with E-state index in [0.29, 0.717) is 12.1 Å². The second-order valence-corrected chi connectivity index (χ2v) is 4.70. The number of aromatic carboxylic acids is 1. The van der Waals surface area contributed by atoms with Gasteiger partial charge in [0.05, 0.1) is 17.7 Å². The molecule has 5 nitrogen and oxygen atoms in total. The number of halogens is 2. The Morgan fingerprint density at radius 2 is 1.76 bits per heavy atom. The van der Waals surface area contributed by atoms with Gasteiger partial charge in [-0.25, -0.2) is 13.6 Å². The summed E-state index contributed by atoms with van der Waals surface area (Å²) in [7, 11) is 1.46. The lowest BCUT2D eigenvalue weighted by molar-refractivity contribution is 0.0613. The first-order valence-corrected chi connectivity index (χ1v) is 6.31. The van der Waals surface area contributed by atoms with Crippen molar-refractivity contribution in [3.05, 3.63) is 34.9 Å². The number of hydrogen-bond donors (Lipinski definition) is 1. The summed E-state index contributed by atoms with van der Waals surface area (Å²) in [6, 6.07) is 0.880. The van der Waals surface area contributed by atoms with E-state index in [0.717, 1.165) is 0 Å². The molecule has 1 aromatic carbocycles. The van der Waals surface area contributed by atoms with Crippen LogP contribution >= 0.6 is 0 Å². The van der Waals surface area contributed by atoms with Gasteiger partial charge in [-0.1, -0.05) is 0 Å². The highest BCUT2D eigenvalue weighted by Gasteiger charge is 2.25. The van der Waals surface area contributed by atoms with E-state index in [2.05, 4.69) is 0 Å². The van der Waals surface area contributed by atoms with Crippen LogP contribution in [0.25, 0.3) is 0 Å². The second-order valence-electron chi connectivity index (χ2n) is 4.70. The maximum Gasteiger partial charge on any atom is 0.336 e. The van der Waals surface area contributed by atoms with Gasteiger partial charge in [-0.15, -0.1) is 0 Å². The number of rotatable bonds is 6. The zero-order valence-corrected chi connectivity index (χ0v) is 12.0. The van der Waals surface area contributed by atoms with Gasteiger partial charge in [0.2, 0.25) is 0 Å². The Labute approximate surface area is 121 Å². The van der Waals surface area contributed by atoms with Crippen LogP contribution in [0, 0.1) is 11.6 Å². The molecule has 0 saturated carbocycles. The molecule has 1 N–H and O–H groups in total. The number of benzene rings is 1. The van der Waals surface area contributed by atoms with Gasteiger partial charge in [-0.05, 0) is 26.0 Å². The fraction of sp³-hybridized carbons (Fsp3) is 0.429. The third-order valence-electron chi connectivity index (χ3n) is 2.94. The quantitative estimate of drug-likeness (QED) is 0.874. The van der Waals surface area contributed by atoms with E-state index in [1.165, 1.54) is 12.0 Å². The topological polar surface area (TPSA) is 66.8 Å². The van der Waals surface area contributed by atoms with Crippen molar-refractivity contribution in [2.75, 3.05) is 20.3 Å². The maximum absolute atomic E-state index is 13.3. The minimum absolute atomic E-state index is 0.213. The van der Waals surface area contributed by atoms with Crippen LogP contribution in [0.2, 0.25) is 0 Å². The number of hydrogen-bond acceptors (Lipinski definition) is 3. The third-order valence-corrected chi connectivity index (χ3v) is 2.94. The van der Waals surface area contributed by atoms with Gasteiger partial charge >= 0.3 is 5.97 Å². The van der Waals surface area contributed by atoms with Crippen molar-refractivity contribution in [2.45, 2.75) is 19.9 Å². The number of carboxylic acid groups (broad SMARTS) is 1. The summed E-state index contributed by atoms with van der Waals surface area (Å²) in [6.45, 7) is 3.92. The normalized spacial score (nSPS) is 10.8. The van der Waals surface area contributed by atoms with Gasteiger partial charge in [0.25, 0.3) is 5.91 Å². The summed E-state index contributed by atoms with van der Waals surface area (Å²) >= 11 is 0. The van der Waals surface area contributed by atoms with Crippen LogP contribution in [0.15, 0.2) is 12.1 Å². The number of carbonyl (C=O) groups is 2. The van der Waals surface area contributed by atoms with Gasteiger partial charge in [-0.2, -0.15) is 0 Å². The van der Waals surface area contributed by atoms with Crippen LogP contribution in [-0.2, 0) is 4.74 Å². The molecule has 21 heavy (non-hydrogen) atoms. The minimum Gasteiger partial charge on any atom is -0.478 e. The highest BCUT2D eigenvalue weighted by molar-refractivity contribution is 6.04. The average Bonchev–Trinajstić information content (AvgIpc) is 2.40. The Morgan fingerprint density at radius 3 is 2.19 bits per heavy atom. The largest absolute Gasteiger partial charge is 0.478 e. The van der Waals surface area contributed by atoms with E-state index in [4.69, 9.17) is 9.84 Å². The molecule has 1 amide bonds. The van der Waals surface area contributed by atoms with Crippen LogP contribution in [-0.4, -0.2) is 48.2 Å². The lowest BCUT2D eigenvalue weighted by atomic mass is 10.0. The molecule has 0 aliphatic heterocycles. The molecule has 0 aliphatic carbocycles. The molecule has 0 atom stereocenters. The Balaban J connectivity index is 3.26. The first-order chi connectivity index (χ1) is 9.79. The Kier molecular flexibility index (Phi) is 5.78. The van der Waals surface area contributed by atoms with Crippen molar-refractivity contribution in [2.24, 2.45) is 0 Å². The summed E-state index contributed by atoms with van der Waals surface area (Å²) in [4.78, 5) is 24.8. The molecule has 116 valence electrons. The fourth-order valence-electron chi connectivity index (χ4n) is 1.84. The Morgan fingerprint density at radius 1 is 1.24 bits per heavy atom. The molecule has 0 unspecified atom stereocenters. The molecule has 7 heteroatoms. The molecule has 1 rings (SSSR count). The van der Waals surface area contributed by atoms with Crippen LogP contribution in [0.3, 0.4) is 0 Å². The molecule has 0 heterocycles. The Bertz CT molecular complexity index is 546. The van der Waals surface area contributed by atoms with E-state index in [1.807, 2.05) is 0 Å². The molecule has 0 spiro atoms. The molecular weight excluding hydrogens is 284 g/mol. The number of nitrogens with zero attached hydrogens (tertiary/aromatic N) is 1. The van der Waals surface area contributed by atoms with Crippen molar-refractivity contribution in [3.8, 4) is 0 Å². The van der Waals surface area contributed by atoms with Gasteiger partial charge in [0, 0.05) is 19.7 Å². The van der Waals surface area contributed by atoms with Crippen LogP contribution < -0.4 is 0 Å². The van der Waals surface area contributed by atoms with E-state index < -0.39 is 29.1 Å². The molecular formula is C14H17F2NO4. The van der Waals surface area contributed by atoms with Crippen molar-refractivity contribution in [1.29, 1.82) is 0 Å². The van der Waals surface area contributed by atoms with E-state index in [1.54, 1.807) is 13.8 Å². The number of amides is 1. The minimum atomic E-state index is -1.49. The lowest BCUT2D eigenvalue weighted by Crippen LogP contribution is -2.40. The number of carboxylic acids is 1. The van der Waals surface area contributed by atoms with E-state index >= 15 is 0 Å². The lowest BCUT2D eigenvalue weighted by Gasteiger charge is -2.27. The smallest absolute Gasteiger partial charge is 0.336 e. The molecule has 0 fully saturated rings. The highest BCUT2D eigenvalue weighted by Crippen LogP contribution is 2.18. The molecule has 0 bridgehead atoms. The first-order valence-electron chi connectivity index (χ1n) is 6.31. The van der Waals surface area contributed by atoms with Gasteiger partial charge < -0.3 is 14.7 Å². The fourth-order valence-corrected chi connectivity index (χ4v) is 1.84. The van der Waals surface area contributed by atoms with E-state index in [9.17, 15) is 18.4 Å². The number of ether oxygens (including phenoxy) is 1. The maximum atomic E-state index is 13.3. The summed E-state index contributed by atoms with van der Waals surface area (Å²) in [5, 5.41) is 9.04. The molecule has 0 saturated heterocycles. The van der Waals surface area contributed by atoms with Crippen molar-refractivity contribution >= 4 is 11.9 Å². The zero-order chi connectivity index (χ0) is 16.2. The predicted octanol–water partition coefficient (Wildman–Crippen LogP) is 2.16. The summed E-state index contributed by atoms with van der Waals surface area (Å²) in [5.74, 6) is -4.75. The molecule has 0 aliphatic rings. The summed E-state index contributed by atoms with van der Waals surface area (Å²) in [5.41, 5.74) is -0.951. The summed E-state index contributed by atoms with van der Waals surface area (Å²) < 4.78 is 31.4. The first kappa shape index (κ1) is 17.0.